The molecule has 0 aliphatic carbocycles. The van der Waals surface area contributed by atoms with Crippen LogP contribution >= 0.6 is 11.3 Å². The number of methoxy groups -OCH3 is 1. The Morgan fingerprint density at radius 3 is 3.00 bits per heavy atom. The van der Waals surface area contributed by atoms with Crippen LogP contribution in [0.4, 0.5) is 11.4 Å². The molecule has 1 amide bonds. The third-order valence-corrected chi connectivity index (χ3v) is 4.63. The van der Waals surface area contributed by atoms with E-state index in [1.54, 1.807) is 18.4 Å². The van der Waals surface area contributed by atoms with Gasteiger partial charge in [-0.3, -0.25) is 4.79 Å². The summed E-state index contributed by atoms with van der Waals surface area (Å²) in [6, 6.07) is 5.84. The fraction of sp³-hybridized carbons (Fsp3) is 0.312. The second-order valence-corrected chi connectivity index (χ2v) is 6.42. The largest absolute Gasteiger partial charge is 0.496 e. The molecule has 0 saturated heterocycles. The monoisotopic (exact) mass is 317 g/mol. The minimum atomic E-state index is -0.0578. The number of amides is 1. The molecule has 0 unspecified atom stereocenters. The molecule has 3 rings (SSSR count). The van der Waals surface area contributed by atoms with E-state index in [4.69, 9.17) is 4.74 Å². The summed E-state index contributed by atoms with van der Waals surface area (Å²) in [5.74, 6) is 0.730. The van der Waals surface area contributed by atoms with Crippen molar-refractivity contribution >= 4 is 28.6 Å². The predicted octanol–water partition coefficient (Wildman–Crippen LogP) is 2.81. The van der Waals surface area contributed by atoms with Crippen molar-refractivity contribution in [2.75, 3.05) is 31.0 Å². The van der Waals surface area contributed by atoms with E-state index in [1.165, 1.54) is 0 Å². The van der Waals surface area contributed by atoms with Gasteiger partial charge in [0.25, 0.3) is 5.91 Å². The van der Waals surface area contributed by atoms with Crippen molar-refractivity contribution in [3.05, 3.63) is 39.6 Å². The van der Waals surface area contributed by atoms with Gasteiger partial charge in [0.05, 0.1) is 30.7 Å². The van der Waals surface area contributed by atoms with Gasteiger partial charge in [-0.1, -0.05) is 0 Å². The van der Waals surface area contributed by atoms with Crippen LogP contribution in [0.1, 0.15) is 20.8 Å². The van der Waals surface area contributed by atoms with Crippen LogP contribution in [0.15, 0.2) is 23.6 Å². The average molecular weight is 317 g/mol. The van der Waals surface area contributed by atoms with Gasteiger partial charge in [0, 0.05) is 29.4 Å². The molecule has 0 radical (unpaired) electrons. The third-order valence-electron chi connectivity index (χ3n) is 3.77. The molecule has 5 nitrogen and oxygen atoms in total. The molecule has 2 heterocycles. The maximum absolute atomic E-state index is 12.2. The summed E-state index contributed by atoms with van der Waals surface area (Å²) in [7, 11) is 3.67. The number of nitrogens with one attached hydrogen (secondary N) is 2. The van der Waals surface area contributed by atoms with Crippen LogP contribution in [-0.4, -0.2) is 26.7 Å². The van der Waals surface area contributed by atoms with E-state index in [9.17, 15) is 4.79 Å². The quantitative estimate of drug-likeness (QED) is 0.910. The first-order valence-electron chi connectivity index (χ1n) is 7.08. The van der Waals surface area contributed by atoms with Gasteiger partial charge in [-0.05, 0) is 25.1 Å². The summed E-state index contributed by atoms with van der Waals surface area (Å²) in [6.45, 7) is 3.19. The highest BCUT2D eigenvalue weighted by atomic mass is 32.1. The summed E-state index contributed by atoms with van der Waals surface area (Å²) in [5.41, 5.74) is 3.86. The first kappa shape index (κ1) is 14.7. The molecule has 0 saturated carbocycles. The van der Waals surface area contributed by atoms with E-state index in [0.717, 1.165) is 34.2 Å². The van der Waals surface area contributed by atoms with E-state index in [2.05, 4.69) is 15.5 Å². The molecule has 0 spiro atoms. The average Bonchev–Trinajstić information content (AvgIpc) is 3.11. The van der Waals surface area contributed by atoms with E-state index in [1.807, 2.05) is 37.6 Å². The van der Waals surface area contributed by atoms with Crippen molar-refractivity contribution in [2.24, 2.45) is 0 Å². The number of rotatable bonds is 4. The molecule has 0 fully saturated rings. The van der Waals surface area contributed by atoms with E-state index >= 15 is 0 Å². The fourth-order valence-electron chi connectivity index (χ4n) is 2.67. The van der Waals surface area contributed by atoms with Gasteiger partial charge < -0.3 is 20.3 Å². The Bertz CT molecular complexity index is 711. The van der Waals surface area contributed by atoms with Crippen molar-refractivity contribution in [1.82, 2.24) is 5.32 Å². The summed E-state index contributed by atoms with van der Waals surface area (Å²) in [4.78, 5) is 15.5. The first-order chi connectivity index (χ1) is 10.6. The molecule has 6 heteroatoms. The number of hydrogen-bond donors (Lipinski definition) is 2. The second-order valence-electron chi connectivity index (χ2n) is 5.30. The van der Waals surface area contributed by atoms with E-state index in [-0.39, 0.29) is 5.91 Å². The number of hydrogen-bond acceptors (Lipinski definition) is 5. The third kappa shape index (κ3) is 2.62. The molecule has 1 aromatic heterocycles. The lowest BCUT2D eigenvalue weighted by Crippen LogP contribution is -2.24. The second kappa shape index (κ2) is 5.88. The van der Waals surface area contributed by atoms with Crippen molar-refractivity contribution in [1.29, 1.82) is 0 Å². The van der Waals surface area contributed by atoms with E-state index in [0.29, 0.717) is 12.1 Å². The van der Waals surface area contributed by atoms with Crippen LogP contribution in [0.25, 0.3) is 0 Å². The Labute approximate surface area is 133 Å². The fourth-order valence-corrected chi connectivity index (χ4v) is 3.36. The molecule has 0 bridgehead atoms. The molecule has 116 valence electrons. The van der Waals surface area contributed by atoms with Gasteiger partial charge in [-0.2, -0.15) is 0 Å². The molecule has 1 aliphatic rings. The maximum atomic E-state index is 12.2. The number of nitrogens with zero attached hydrogens (tertiary/aromatic N) is 1. The molecule has 22 heavy (non-hydrogen) atoms. The highest BCUT2D eigenvalue weighted by molar-refractivity contribution is 7.10. The number of anilines is 2. The number of fused-ring (bicyclic) bond motifs is 1. The molecule has 1 aromatic carbocycles. The first-order valence-corrected chi connectivity index (χ1v) is 7.96. The smallest absolute Gasteiger partial charge is 0.252 e. The van der Waals surface area contributed by atoms with Crippen LogP contribution in [0, 0.1) is 6.92 Å². The summed E-state index contributed by atoms with van der Waals surface area (Å²) in [6.07, 6.45) is 0. The van der Waals surface area contributed by atoms with E-state index < -0.39 is 0 Å². The Balaban J connectivity index is 1.83. The summed E-state index contributed by atoms with van der Waals surface area (Å²) < 4.78 is 5.46. The van der Waals surface area contributed by atoms with Crippen molar-refractivity contribution in [3.63, 3.8) is 0 Å². The lowest BCUT2D eigenvalue weighted by molar-refractivity contribution is 0.0951. The van der Waals surface area contributed by atoms with Crippen LogP contribution < -0.4 is 20.3 Å². The number of ether oxygens (including phenoxy) is 1. The highest BCUT2D eigenvalue weighted by Gasteiger charge is 2.22. The predicted molar refractivity (Wildman–Crippen MR) is 90.1 cm³/mol. The Kier molecular flexibility index (Phi) is 3.94. The van der Waals surface area contributed by atoms with Gasteiger partial charge in [0.15, 0.2) is 0 Å². The van der Waals surface area contributed by atoms with Gasteiger partial charge in [0.2, 0.25) is 0 Å². The normalized spacial score (nSPS) is 12.8. The Hall–Kier alpha value is -2.21. The minimum Gasteiger partial charge on any atom is -0.496 e. The van der Waals surface area contributed by atoms with Crippen molar-refractivity contribution in [3.8, 4) is 5.75 Å². The van der Waals surface area contributed by atoms with Crippen molar-refractivity contribution < 1.29 is 9.53 Å². The lowest BCUT2D eigenvalue weighted by atomic mass is 10.1. The van der Waals surface area contributed by atoms with Crippen LogP contribution in [0.3, 0.4) is 0 Å². The topological polar surface area (TPSA) is 53.6 Å². The molecule has 2 aromatic rings. The Morgan fingerprint density at radius 1 is 1.50 bits per heavy atom. The minimum absolute atomic E-state index is 0.0578. The molecular formula is C16H19N3O2S. The Morgan fingerprint density at radius 2 is 2.32 bits per heavy atom. The standard InChI is InChI=1S/C16H19N3O2S/c1-10-6-11(8-22-10)16(20)17-7-12-14(21-3)5-4-13-15(12)19(2)9-18-13/h4-6,8,18H,7,9H2,1-3H3,(H,17,20). The maximum Gasteiger partial charge on any atom is 0.252 e. The number of carbonyl (C=O) groups excluding carboxylic acids is 1. The summed E-state index contributed by atoms with van der Waals surface area (Å²) >= 11 is 1.58. The van der Waals surface area contributed by atoms with Gasteiger partial charge in [0.1, 0.15) is 5.75 Å². The zero-order chi connectivity index (χ0) is 15.7. The van der Waals surface area contributed by atoms with Crippen LogP contribution in [0.2, 0.25) is 0 Å². The van der Waals surface area contributed by atoms with Gasteiger partial charge in [-0.15, -0.1) is 11.3 Å². The molecular weight excluding hydrogens is 298 g/mol. The molecule has 2 N–H and O–H groups in total. The zero-order valence-corrected chi connectivity index (χ0v) is 13.7. The number of aryl methyl sites for hydroxylation is 1. The number of benzene rings is 1. The van der Waals surface area contributed by atoms with Gasteiger partial charge in [-0.25, -0.2) is 0 Å². The lowest BCUT2D eigenvalue weighted by Gasteiger charge is -2.18. The zero-order valence-electron chi connectivity index (χ0n) is 12.9. The van der Waals surface area contributed by atoms with Gasteiger partial charge >= 0.3 is 0 Å². The van der Waals surface area contributed by atoms with Crippen LogP contribution in [-0.2, 0) is 6.54 Å². The van der Waals surface area contributed by atoms with Crippen LogP contribution in [0.5, 0.6) is 5.75 Å². The highest BCUT2D eigenvalue weighted by Crippen LogP contribution is 2.39. The van der Waals surface area contributed by atoms with Crippen molar-refractivity contribution in [2.45, 2.75) is 13.5 Å². The molecule has 0 atom stereocenters. The SMILES string of the molecule is COc1ccc2c(c1CNC(=O)c1csc(C)c1)N(C)CN2. The summed E-state index contributed by atoms with van der Waals surface area (Å²) in [5, 5.41) is 8.19. The molecule has 1 aliphatic heterocycles. The number of carbonyl (C=O) groups is 1. The number of thiophene rings is 1.